The third kappa shape index (κ3) is 4.15. The lowest BCUT2D eigenvalue weighted by Gasteiger charge is -2.39. The van der Waals surface area contributed by atoms with Gasteiger partial charge in [-0.2, -0.15) is 0 Å². The molecule has 4 rings (SSSR count). The van der Waals surface area contributed by atoms with E-state index in [2.05, 4.69) is 0 Å². The molecule has 0 aromatic carbocycles. The van der Waals surface area contributed by atoms with Crippen LogP contribution in [0.1, 0.15) is 25.7 Å². The first-order chi connectivity index (χ1) is 10.1. The van der Waals surface area contributed by atoms with Crippen LogP contribution in [0.5, 0.6) is 0 Å². The Labute approximate surface area is 125 Å². The number of rotatable bonds is 10. The summed E-state index contributed by atoms with van der Waals surface area (Å²) in [6, 6.07) is 0. The molecule has 6 nitrogen and oxygen atoms in total. The van der Waals surface area contributed by atoms with Gasteiger partial charge in [-0.05, 0) is 31.1 Å². The summed E-state index contributed by atoms with van der Waals surface area (Å²) in [7, 11) is 0. The highest BCUT2D eigenvalue weighted by Crippen LogP contribution is 2.41. The Bertz CT molecular complexity index is 362. The van der Waals surface area contributed by atoms with E-state index in [4.69, 9.17) is 30.4 Å². The van der Waals surface area contributed by atoms with Gasteiger partial charge in [0.25, 0.3) is 0 Å². The second-order valence-corrected chi connectivity index (χ2v) is 7.21. The number of epoxide rings is 4. The van der Waals surface area contributed by atoms with E-state index in [1.807, 2.05) is 0 Å². The van der Waals surface area contributed by atoms with Gasteiger partial charge in [-0.3, -0.25) is 0 Å². The van der Waals surface area contributed by atoms with Gasteiger partial charge in [0.1, 0.15) is 0 Å². The summed E-state index contributed by atoms with van der Waals surface area (Å²) in [4.78, 5) is 0. The Balaban J connectivity index is 1.45. The minimum absolute atomic E-state index is 0.239. The van der Waals surface area contributed by atoms with Crippen molar-refractivity contribution in [3.8, 4) is 0 Å². The molecule has 5 unspecified atom stereocenters. The molecule has 4 heterocycles. The Kier molecular flexibility index (Phi) is 3.72. The monoisotopic (exact) mass is 298 g/mol. The predicted molar refractivity (Wildman–Crippen MR) is 75.5 cm³/mol. The molecule has 4 aliphatic rings. The summed E-state index contributed by atoms with van der Waals surface area (Å²) >= 11 is 0. The van der Waals surface area contributed by atoms with E-state index in [1.165, 1.54) is 0 Å². The molecule has 0 saturated carbocycles. The molecule has 0 amide bonds. The predicted octanol–water partition coefficient (Wildman–Crippen LogP) is -0.0119. The van der Waals surface area contributed by atoms with Crippen LogP contribution >= 0.6 is 0 Å². The molecule has 0 aromatic rings. The summed E-state index contributed by atoms with van der Waals surface area (Å²) in [6.45, 7) is 3.40. The van der Waals surface area contributed by atoms with Crippen LogP contribution in [0.25, 0.3) is 0 Å². The maximum Gasteiger partial charge on any atom is 0.0840 e. The van der Waals surface area contributed by atoms with Crippen LogP contribution < -0.4 is 11.5 Å². The molecule has 5 atom stereocenters. The fourth-order valence-corrected chi connectivity index (χ4v) is 3.58. The second kappa shape index (κ2) is 5.44. The molecule has 4 aliphatic heterocycles. The highest BCUT2D eigenvalue weighted by molar-refractivity contribution is 4.98. The maximum absolute atomic E-state index is 6.53. The van der Waals surface area contributed by atoms with Crippen LogP contribution in [0.2, 0.25) is 0 Å². The van der Waals surface area contributed by atoms with Gasteiger partial charge in [0.15, 0.2) is 0 Å². The van der Waals surface area contributed by atoms with Crippen molar-refractivity contribution in [3.05, 3.63) is 0 Å². The van der Waals surface area contributed by atoms with Gasteiger partial charge >= 0.3 is 0 Å². The van der Waals surface area contributed by atoms with Gasteiger partial charge in [0.05, 0.1) is 56.5 Å². The van der Waals surface area contributed by atoms with Gasteiger partial charge in [0, 0.05) is 6.42 Å². The van der Waals surface area contributed by atoms with Gasteiger partial charge in [0.2, 0.25) is 0 Å². The molecule has 0 spiro atoms. The molecule has 0 aliphatic carbocycles. The zero-order valence-corrected chi connectivity index (χ0v) is 12.4. The number of nitrogens with two attached hydrogens (primary N) is 2. The molecular weight excluding hydrogens is 272 g/mol. The molecule has 4 N–H and O–H groups in total. The Hall–Kier alpha value is -0.240. The molecule has 0 radical (unpaired) electrons. The fraction of sp³-hybridized carbons (Fsp3) is 1.00. The summed E-state index contributed by atoms with van der Waals surface area (Å²) in [5.74, 6) is 0.686. The molecule has 0 aromatic heterocycles. The van der Waals surface area contributed by atoms with Crippen LogP contribution in [-0.4, -0.2) is 56.5 Å². The van der Waals surface area contributed by atoms with Gasteiger partial charge in [-0.15, -0.1) is 0 Å². The molecular formula is C15H26N2O4. The third-order valence-corrected chi connectivity index (χ3v) is 5.10. The smallest absolute Gasteiger partial charge is 0.0840 e. The number of hydrogen-bond donors (Lipinski definition) is 2. The van der Waals surface area contributed by atoms with E-state index in [9.17, 15) is 0 Å². The molecule has 4 saturated heterocycles. The highest BCUT2D eigenvalue weighted by atomic mass is 16.6. The highest BCUT2D eigenvalue weighted by Gasteiger charge is 2.47. The van der Waals surface area contributed by atoms with Crippen LogP contribution in [-0.2, 0) is 18.9 Å². The second-order valence-electron chi connectivity index (χ2n) is 7.21. The average molecular weight is 298 g/mol. The summed E-state index contributed by atoms with van der Waals surface area (Å²) in [6.07, 6.45) is 5.13. The summed E-state index contributed by atoms with van der Waals surface area (Å²) in [5, 5.41) is 0. The number of ether oxygens (including phenoxy) is 4. The lowest BCUT2D eigenvalue weighted by Crippen LogP contribution is -2.59. The Morgan fingerprint density at radius 2 is 1.19 bits per heavy atom. The van der Waals surface area contributed by atoms with Gasteiger partial charge in [-0.1, -0.05) is 0 Å². The molecule has 4 fully saturated rings. The van der Waals surface area contributed by atoms with E-state index < -0.39 is 5.66 Å². The van der Waals surface area contributed by atoms with E-state index in [0.29, 0.717) is 24.2 Å². The number of hydrogen-bond acceptors (Lipinski definition) is 6. The zero-order valence-electron chi connectivity index (χ0n) is 12.4. The minimum atomic E-state index is -0.693. The zero-order chi connectivity index (χ0) is 14.4. The van der Waals surface area contributed by atoms with E-state index in [0.717, 1.165) is 52.1 Å². The standard InChI is InChI=1S/C15H26N2O4/c16-15(17,4-13-8-21-13)14(3-12-7-20-12)9(1-10-5-18-10)2-11-6-19-11/h9-14H,1-8,16-17H2. The van der Waals surface area contributed by atoms with Crippen molar-refractivity contribution in [2.24, 2.45) is 23.3 Å². The average Bonchev–Trinajstić information content (AvgIpc) is 3.24. The lowest BCUT2D eigenvalue weighted by atomic mass is 9.73. The molecule has 6 heteroatoms. The van der Waals surface area contributed by atoms with Crippen molar-refractivity contribution in [1.29, 1.82) is 0 Å². The van der Waals surface area contributed by atoms with E-state index >= 15 is 0 Å². The first kappa shape index (κ1) is 14.4. The molecule has 21 heavy (non-hydrogen) atoms. The normalized spacial score (nSPS) is 39.7. The first-order valence-electron chi connectivity index (χ1n) is 8.14. The molecule has 120 valence electrons. The van der Waals surface area contributed by atoms with Crippen molar-refractivity contribution in [3.63, 3.8) is 0 Å². The van der Waals surface area contributed by atoms with Crippen molar-refractivity contribution in [2.75, 3.05) is 26.4 Å². The van der Waals surface area contributed by atoms with E-state index in [1.54, 1.807) is 0 Å². The van der Waals surface area contributed by atoms with Crippen molar-refractivity contribution in [1.82, 2.24) is 0 Å². The Morgan fingerprint density at radius 3 is 1.62 bits per heavy atom. The van der Waals surface area contributed by atoms with Crippen LogP contribution in [0.4, 0.5) is 0 Å². The summed E-state index contributed by atoms with van der Waals surface area (Å²) < 4.78 is 21.7. The van der Waals surface area contributed by atoms with Crippen LogP contribution in [0, 0.1) is 11.8 Å². The van der Waals surface area contributed by atoms with Crippen LogP contribution in [0.15, 0.2) is 0 Å². The first-order valence-corrected chi connectivity index (χ1v) is 8.14. The fourth-order valence-electron chi connectivity index (χ4n) is 3.58. The third-order valence-electron chi connectivity index (χ3n) is 5.10. The minimum Gasteiger partial charge on any atom is -0.373 e. The topological polar surface area (TPSA) is 102 Å². The van der Waals surface area contributed by atoms with E-state index in [-0.39, 0.29) is 12.0 Å². The van der Waals surface area contributed by atoms with Gasteiger partial charge in [-0.25, -0.2) is 0 Å². The maximum atomic E-state index is 6.53. The van der Waals surface area contributed by atoms with Crippen LogP contribution in [0.3, 0.4) is 0 Å². The molecule has 0 bridgehead atoms. The summed E-state index contributed by atoms with van der Waals surface area (Å²) in [5.41, 5.74) is 12.4. The van der Waals surface area contributed by atoms with Crippen molar-refractivity contribution >= 4 is 0 Å². The van der Waals surface area contributed by atoms with Gasteiger partial charge < -0.3 is 30.4 Å². The Morgan fingerprint density at radius 1 is 0.762 bits per heavy atom. The van der Waals surface area contributed by atoms with Crippen molar-refractivity contribution in [2.45, 2.75) is 55.8 Å². The lowest BCUT2D eigenvalue weighted by molar-refractivity contribution is 0.117. The quantitative estimate of drug-likeness (QED) is 0.434. The van der Waals surface area contributed by atoms with Crippen molar-refractivity contribution < 1.29 is 18.9 Å². The SMILES string of the molecule is NC(N)(CC1CO1)C(CC1CO1)C(CC1CO1)CC1CO1. The largest absolute Gasteiger partial charge is 0.373 e.